The molecule has 0 bridgehead atoms. The summed E-state index contributed by atoms with van der Waals surface area (Å²) in [4.78, 5) is 0. The van der Waals surface area contributed by atoms with E-state index in [1.54, 1.807) is 0 Å². The second-order valence-electron chi connectivity index (χ2n) is 2.26. The van der Waals surface area contributed by atoms with Crippen LogP contribution in [0.1, 0.15) is 12.8 Å². The van der Waals surface area contributed by atoms with Gasteiger partial charge in [0.2, 0.25) is 0 Å². The van der Waals surface area contributed by atoms with Crippen LogP contribution in [0.15, 0.2) is 0 Å². The lowest BCUT2D eigenvalue weighted by atomic mass is 10.5. The zero-order valence-corrected chi connectivity index (χ0v) is 7.94. The average molecular weight is 223 g/mol. The Hall–Kier alpha value is 0.230. The van der Waals surface area contributed by atoms with Gasteiger partial charge < -0.3 is 0 Å². The highest BCUT2D eigenvalue weighted by Gasteiger charge is 2.27. The van der Waals surface area contributed by atoms with Gasteiger partial charge in [-0.15, -0.1) is 11.6 Å². The first kappa shape index (κ1) is 12.2. The van der Waals surface area contributed by atoms with Gasteiger partial charge in [0, 0.05) is 28.2 Å². The van der Waals surface area contributed by atoms with Crippen LogP contribution in [0.5, 0.6) is 0 Å². The van der Waals surface area contributed by atoms with Crippen molar-refractivity contribution in [1.82, 2.24) is 0 Å². The molecule has 1 nitrogen and oxygen atoms in total. The molecule has 6 heteroatoms. The van der Waals surface area contributed by atoms with Crippen molar-refractivity contribution in [3.8, 4) is 0 Å². The van der Waals surface area contributed by atoms with Crippen molar-refractivity contribution in [2.75, 3.05) is 17.4 Å². The Morgan fingerprint density at radius 2 is 1.83 bits per heavy atom. The first-order valence-electron chi connectivity index (χ1n) is 3.43. The van der Waals surface area contributed by atoms with Gasteiger partial charge in [-0.2, -0.15) is 13.2 Å². The zero-order valence-electron chi connectivity index (χ0n) is 6.36. The van der Waals surface area contributed by atoms with Gasteiger partial charge in [-0.1, -0.05) is 0 Å². The molecule has 0 aromatic rings. The lowest BCUT2D eigenvalue weighted by molar-refractivity contribution is -0.129. The Kier molecular flexibility index (Phi) is 5.92. The second kappa shape index (κ2) is 5.80. The van der Waals surface area contributed by atoms with Crippen molar-refractivity contribution in [2.45, 2.75) is 19.0 Å². The van der Waals surface area contributed by atoms with Crippen LogP contribution in [-0.4, -0.2) is 27.8 Å². The molecule has 0 saturated carbocycles. The minimum Gasteiger partial charge on any atom is -0.260 e. The normalized spacial score (nSPS) is 14.7. The van der Waals surface area contributed by atoms with E-state index in [1.165, 1.54) is 0 Å². The van der Waals surface area contributed by atoms with E-state index in [-0.39, 0.29) is 11.5 Å². The average Bonchev–Trinajstić information content (AvgIpc) is 1.95. The summed E-state index contributed by atoms with van der Waals surface area (Å²) in [7, 11) is -1.37. The molecule has 12 heavy (non-hydrogen) atoms. The molecule has 0 radical (unpaired) electrons. The third-order valence-corrected chi connectivity index (χ3v) is 2.79. The number of alkyl halides is 4. The smallest absolute Gasteiger partial charge is 0.260 e. The number of hydrogen-bond acceptors (Lipinski definition) is 1. The van der Waals surface area contributed by atoms with Crippen LogP contribution >= 0.6 is 11.6 Å². The molecule has 0 aliphatic carbocycles. The first-order chi connectivity index (χ1) is 5.45. The summed E-state index contributed by atoms with van der Waals surface area (Å²) in [5, 5.41) is 0. The third kappa shape index (κ3) is 8.33. The molecule has 0 fully saturated rings. The van der Waals surface area contributed by atoms with E-state index in [1.807, 2.05) is 0 Å². The first-order valence-corrected chi connectivity index (χ1v) is 5.45. The second-order valence-corrected chi connectivity index (χ2v) is 4.33. The van der Waals surface area contributed by atoms with Crippen molar-refractivity contribution in [3.63, 3.8) is 0 Å². The van der Waals surface area contributed by atoms with Crippen LogP contribution in [0.3, 0.4) is 0 Å². The summed E-state index contributed by atoms with van der Waals surface area (Å²) >= 11 is 5.28. The fourth-order valence-electron chi connectivity index (χ4n) is 0.547. The van der Waals surface area contributed by atoms with E-state index < -0.39 is 23.4 Å². The molecule has 0 unspecified atom stereocenters. The Bertz CT molecular complexity index is 148. The van der Waals surface area contributed by atoms with Crippen molar-refractivity contribution in [3.05, 3.63) is 0 Å². The van der Waals surface area contributed by atoms with Crippen molar-refractivity contribution in [1.29, 1.82) is 0 Å². The van der Waals surface area contributed by atoms with Gasteiger partial charge in [-0.3, -0.25) is 4.21 Å². The molecular weight excluding hydrogens is 213 g/mol. The highest BCUT2D eigenvalue weighted by atomic mass is 35.5. The summed E-state index contributed by atoms with van der Waals surface area (Å²) < 4.78 is 45.5. The van der Waals surface area contributed by atoms with Gasteiger partial charge >= 0.3 is 6.18 Å². The number of rotatable bonds is 5. The molecule has 0 amide bonds. The van der Waals surface area contributed by atoms with Gasteiger partial charge in [-0.25, -0.2) is 0 Å². The van der Waals surface area contributed by atoms with E-state index >= 15 is 0 Å². The van der Waals surface area contributed by atoms with Gasteiger partial charge in [0.05, 0.1) is 6.42 Å². The van der Waals surface area contributed by atoms with E-state index in [9.17, 15) is 17.4 Å². The quantitative estimate of drug-likeness (QED) is 0.653. The molecular formula is C6H10ClF3OS. The maximum absolute atomic E-state index is 11.6. The molecule has 74 valence electrons. The molecule has 1 atom stereocenters. The molecule has 0 spiro atoms. The number of halogens is 4. The largest absolute Gasteiger partial charge is 0.390 e. The van der Waals surface area contributed by atoms with E-state index in [0.717, 1.165) is 0 Å². The minimum absolute atomic E-state index is 0.263. The molecule has 0 saturated heterocycles. The molecule has 0 aromatic carbocycles. The molecule has 0 N–H and O–H groups in total. The lowest BCUT2D eigenvalue weighted by Gasteiger charge is -2.04. The highest BCUT2D eigenvalue weighted by Crippen LogP contribution is 2.19. The summed E-state index contributed by atoms with van der Waals surface area (Å²) in [6.07, 6.45) is -4.66. The monoisotopic (exact) mass is 222 g/mol. The lowest BCUT2D eigenvalue weighted by Crippen LogP contribution is -2.14. The predicted molar refractivity (Wildman–Crippen MR) is 43.9 cm³/mol. The van der Waals surface area contributed by atoms with Crippen LogP contribution in [0.25, 0.3) is 0 Å². The van der Waals surface area contributed by atoms with Crippen LogP contribution in [-0.2, 0) is 10.8 Å². The zero-order chi connectivity index (χ0) is 9.61. The fraction of sp³-hybridized carbons (Fsp3) is 1.00. The van der Waals surface area contributed by atoms with Crippen molar-refractivity contribution in [2.24, 2.45) is 0 Å². The Morgan fingerprint density at radius 3 is 2.25 bits per heavy atom. The Labute approximate surface area is 76.7 Å². The van der Waals surface area contributed by atoms with Crippen LogP contribution in [0.2, 0.25) is 0 Å². The maximum Gasteiger partial charge on any atom is 0.390 e. The summed E-state index contributed by atoms with van der Waals surface area (Å²) in [5.74, 6) is 0.303. The summed E-state index contributed by atoms with van der Waals surface area (Å²) in [6, 6.07) is 0. The molecule has 0 rings (SSSR count). The molecule has 0 aliphatic rings. The van der Waals surface area contributed by atoms with E-state index in [2.05, 4.69) is 0 Å². The van der Waals surface area contributed by atoms with E-state index in [4.69, 9.17) is 11.6 Å². The van der Waals surface area contributed by atoms with E-state index in [0.29, 0.717) is 12.3 Å². The maximum atomic E-state index is 11.6. The Morgan fingerprint density at radius 1 is 1.25 bits per heavy atom. The van der Waals surface area contributed by atoms with Gasteiger partial charge in [-0.05, 0) is 6.42 Å². The highest BCUT2D eigenvalue weighted by molar-refractivity contribution is 7.84. The van der Waals surface area contributed by atoms with Crippen LogP contribution in [0.4, 0.5) is 13.2 Å². The fourth-order valence-corrected chi connectivity index (χ4v) is 1.97. The minimum atomic E-state index is -4.20. The predicted octanol–water partition coefficient (Wildman–Crippen LogP) is 2.32. The molecule has 0 aromatic heterocycles. The third-order valence-electron chi connectivity index (χ3n) is 1.12. The standard InChI is InChI=1S/C6H10ClF3OS/c7-3-1-4-12(11)5-2-6(8,9)10/h1-5H2/t12-/m1/s1. The van der Waals surface area contributed by atoms with Crippen LogP contribution < -0.4 is 0 Å². The van der Waals surface area contributed by atoms with Crippen molar-refractivity contribution < 1.29 is 17.4 Å². The summed E-state index contributed by atoms with van der Waals surface area (Å²) in [6.45, 7) is 0. The number of hydrogen-bond donors (Lipinski definition) is 0. The van der Waals surface area contributed by atoms with Crippen molar-refractivity contribution >= 4 is 22.4 Å². The SMILES string of the molecule is O=[S@](CCCCl)CCC(F)(F)F. The van der Waals surface area contributed by atoms with Gasteiger partial charge in [0.1, 0.15) is 0 Å². The molecule has 0 aliphatic heterocycles. The Balaban J connectivity index is 3.44. The molecule has 0 heterocycles. The van der Waals surface area contributed by atoms with Crippen LogP contribution in [0, 0.1) is 0 Å². The summed E-state index contributed by atoms with van der Waals surface area (Å²) in [5.41, 5.74) is 0. The topological polar surface area (TPSA) is 17.1 Å². The van der Waals surface area contributed by atoms with Gasteiger partial charge in [0.25, 0.3) is 0 Å². The van der Waals surface area contributed by atoms with Gasteiger partial charge in [0.15, 0.2) is 0 Å².